The van der Waals surface area contributed by atoms with E-state index in [2.05, 4.69) is 38.6 Å². The van der Waals surface area contributed by atoms with Crippen LogP contribution in [-0.4, -0.2) is 21.0 Å². The van der Waals surface area contributed by atoms with E-state index in [9.17, 15) is 0 Å². The molecule has 0 bridgehead atoms. The number of hydrogen-bond acceptors (Lipinski definition) is 4. The van der Waals surface area contributed by atoms with Gasteiger partial charge in [-0.1, -0.05) is 38.1 Å². The first-order valence-corrected chi connectivity index (χ1v) is 9.11. The molecule has 1 aliphatic rings. The summed E-state index contributed by atoms with van der Waals surface area (Å²) < 4.78 is 22.1. The summed E-state index contributed by atoms with van der Waals surface area (Å²) in [5, 5.41) is 0. The Bertz CT molecular complexity index is 880. The minimum Gasteiger partial charge on any atom is -0.493 e. The molecule has 0 fully saturated rings. The van der Waals surface area contributed by atoms with E-state index in [0.717, 1.165) is 41.0 Å². The Hall–Kier alpha value is -2.88. The van der Waals surface area contributed by atoms with Gasteiger partial charge >= 0.3 is 0 Å². The van der Waals surface area contributed by atoms with Gasteiger partial charge in [-0.2, -0.15) is 0 Å². The van der Waals surface area contributed by atoms with Crippen molar-refractivity contribution in [2.45, 2.75) is 26.7 Å². The third-order valence-corrected chi connectivity index (χ3v) is 4.74. The molecule has 0 spiro atoms. The van der Waals surface area contributed by atoms with Gasteiger partial charge in [-0.3, -0.25) is 0 Å². The Balaban J connectivity index is 2.10. The van der Waals surface area contributed by atoms with Crippen LogP contribution in [0.25, 0.3) is 17.7 Å². The molecule has 2 aromatic carbocycles. The monoisotopic (exact) mass is 366 g/mol. The SMILES string of the molecule is C=Cc1c(/C=C(\C)c2cc3c(cc2CCC)OCO3)ccc(OC)c1OC. The maximum absolute atomic E-state index is 5.58. The van der Waals surface area contributed by atoms with Crippen LogP contribution in [0, 0.1) is 0 Å². The smallest absolute Gasteiger partial charge is 0.231 e. The molecule has 0 amide bonds. The maximum atomic E-state index is 5.58. The van der Waals surface area contributed by atoms with E-state index in [4.69, 9.17) is 18.9 Å². The maximum Gasteiger partial charge on any atom is 0.231 e. The van der Waals surface area contributed by atoms with Gasteiger partial charge in [0.1, 0.15) is 0 Å². The van der Waals surface area contributed by atoms with Crippen LogP contribution in [0.2, 0.25) is 0 Å². The molecule has 4 nitrogen and oxygen atoms in total. The van der Waals surface area contributed by atoms with Crippen LogP contribution >= 0.6 is 0 Å². The van der Waals surface area contributed by atoms with Crippen LogP contribution in [0.4, 0.5) is 0 Å². The highest BCUT2D eigenvalue weighted by Gasteiger charge is 2.18. The number of hydrogen-bond donors (Lipinski definition) is 0. The second-order valence-electron chi connectivity index (χ2n) is 6.45. The van der Waals surface area contributed by atoms with Crippen molar-refractivity contribution in [3.8, 4) is 23.0 Å². The number of aryl methyl sites for hydroxylation is 1. The van der Waals surface area contributed by atoms with Gasteiger partial charge in [0.15, 0.2) is 23.0 Å². The van der Waals surface area contributed by atoms with Gasteiger partial charge in [-0.15, -0.1) is 0 Å². The molecule has 0 atom stereocenters. The number of methoxy groups -OCH3 is 2. The fourth-order valence-electron chi connectivity index (χ4n) is 3.44. The van der Waals surface area contributed by atoms with Crippen molar-refractivity contribution >= 4 is 17.7 Å². The van der Waals surface area contributed by atoms with Crippen molar-refractivity contribution in [3.63, 3.8) is 0 Å². The summed E-state index contributed by atoms with van der Waals surface area (Å²) >= 11 is 0. The van der Waals surface area contributed by atoms with E-state index < -0.39 is 0 Å². The molecule has 0 saturated heterocycles. The molecule has 1 heterocycles. The molecule has 142 valence electrons. The van der Waals surface area contributed by atoms with Gasteiger partial charge in [0, 0.05) is 5.56 Å². The highest BCUT2D eigenvalue weighted by atomic mass is 16.7. The van der Waals surface area contributed by atoms with Crippen LogP contribution < -0.4 is 18.9 Å². The highest BCUT2D eigenvalue weighted by molar-refractivity contribution is 5.86. The third kappa shape index (κ3) is 3.65. The third-order valence-electron chi connectivity index (χ3n) is 4.74. The lowest BCUT2D eigenvalue weighted by molar-refractivity contribution is 0.174. The molecule has 4 heteroatoms. The van der Waals surface area contributed by atoms with E-state index in [0.29, 0.717) is 11.5 Å². The summed E-state index contributed by atoms with van der Waals surface area (Å²) in [6, 6.07) is 8.11. The molecule has 1 aliphatic heterocycles. The Morgan fingerprint density at radius 1 is 1.15 bits per heavy atom. The number of allylic oxidation sites excluding steroid dienone is 1. The molecule has 0 radical (unpaired) electrons. The zero-order valence-electron chi connectivity index (χ0n) is 16.4. The predicted molar refractivity (Wildman–Crippen MR) is 110 cm³/mol. The average molecular weight is 366 g/mol. The summed E-state index contributed by atoms with van der Waals surface area (Å²) in [4.78, 5) is 0. The van der Waals surface area contributed by atoms with Gasteiger partial charge < -0.3 is 18.9 Å². The Morgan fingerprint density at radius 2 is 1.89 bits per heavy atom. The largest absolute Gasteiger partial charge is 0.493 e. The van der Waals surface area contributed by atoms with Crippen LogP contribution in [-0.2, 0) is 6.42 Å². The molecular formula is C23H26O4. The minimum absolute atomic E-state index is 0.281. The van der Waals surface area contributed by atoms with Gasteiger partial charge in [-0.25, -0.2) is 0 Å². The predicted octanol–water partition coefficient (Wildman–Crippen LogP) is 5.59. The first kappa shape index (κ1) is 18.9. The van der Waals surface area contributed by atoms with Crippen LogP contribution in [0.1, 0.15) is 42.5 Å². The fraction of sp³-hybridized carbons (Fsp3) is 0.304. The zero-order chi connectivity index (χ0) is 19.4. The normalized spacial score (nSPS) is 12.8. The summed E-state index contributed by atoms with van der Waals surface area (Å²) in [6.07, 6.45) is 5.99. The van der Waals surface area contributed by atoms with Crippen molar-refractivity contribution < 1.29 is 18.9 Å². The molecule has 27 heavy (non-hydrogen) atoms. The standard InChI is InChI=1S/C23H26O4/c1-6-8-16-12-21-22(27-14-26-21)13-19(16)15(3)11-17-9-10-20(24-4)23(25-5)18(17)7-2/h7,9-13H,2,6,8,14H2,1,3-5H3/b15-11+. The average Bonchev–Trinajstić information content (AvgIpc) is 3.14. The van der Waals surface area contributed by atoms with E-state index in [1.54, 1.807) is 20.3 Å². The van der Waals surface area contributed by atoms with E-state index >= 15 is 0 Å². The van der Waals surface area contributed by atoms with Gasteiger partial charge in [0.25, 0.3) is 0 Å². The van der Waals surface area contributed by atoms with Gasteiger partial charge in [-0.05, 0) is 53.8 Å². The van der Waals surface area contributed by atoms with E-state index in [-0.39, 0.29) is 6.79 Å². The molecule has 0 saturated carbocycles. The Labute approximate surface area is 161 Å². The van der Waals surface area contributed by atoms with Crippen LogP contribution in [0.15, 0.2) is 30.8 Å². The summed E-state index contributed by atoms with van der Waals surface area (Å²) in [7, 11) is 3.28. The second kappa shape index (κ2) is 8.21. The van der Waals surface area contributed by atoms with Crippen molar-refractivity contribution in [2.75, 3.05) is 21.0 Å². The topological polar surface area (TPSA) is 36.9 Å². The Morgan fingerprint density at radius 3 is 2.52 bits per heavy atom. The van der Waals surface area contributed by atoms with Crippen molar-refractivity contribution in [3.05, 3.63) is 53.1 Å². The molecule has 3 rings (SSSR count). The number of rotatable bonds is 7. The Kier molecular flexibility index (Phi) is 5.75. The van der Waals surface area contributed by atoms with Crippen molar-refractivity contribution in [1.29, 1.82) is 0 Å². The van der Waals surface area contributed by atoms with Crippen LogP contribution in [0.3, 0.4) is 0 Å². The summed E-state index contributed by atoms with van der Waals surface area (Å²) in [5.41, 5.74) is 5.52. The number of ether oxygens (including phenoxy) is 4. The molecule has 0 unspecified atom stereocenters. The molecular weight excluding hydrogens is 340 g/mol. The highest BCUT2D eigenvalue weighted by Crippen LogP contribution is 2.39. The quantitative estimate of drug-likeness (QED) is 0.599. The lowest BCUT2D eigenvalue weighted by atomic mass is 9.94. The molecule has 2 aromatic rings. The summed E-state index contributed by atoms with van der Waals surface area (Å²) in [6.45, 7) is 8.52. The lowest BCUT2D eigenvalue weighted by Crippen LogP contribution is -1.96. The van der Waals surface area contributed by atoms with E-state index in [1.165, 1.54) is 11.1 Å². The fourth-order valence-corrected chi connectivity index (χ4v) is 3.44. The first-order valence-electron chi connectivity index (χ1n) is 9.11. The molecule has 0 aliphatic carbocycles. The number of fused-ring (bicyclic) bond motifs is 1. The molecule has 0 aromatic heterocycles. The van der Waals surface area contributed by atoms with Crippen LogP contribution in [0.5, 0.6) is 23.0 Å². The minimum atomic E-state index is 0.281. The first-order chi connectivity index (χ1) is 13.1. The lowest BCUT2D eigenvalue weighted by Gasteiger charge is -2.15. The molecule has 0 N–H and O–H groups in total. The van der Waals surface area contributed by atoms with Crippen molar-refractivity contribution in [1.82, 2.24) is 0 Å². The van der Waals surface area contributed by atoms with Crippen molar-refractivity contribution in [2.24, 2.45) is 0 Å². The van der Waals surface area contributed by atoms with Gasteiger partial charge in [0.05, 0.1) is 14.2 Å². The summed E-state index contributed by atoms with van der Waals surface area (Å²) in [5.74, 6) is 3.01. The van der Waals surface area contributed by atoms with Gasteiger partial charge in [0.2, 0.25) is 6.79 Å². The van der Waals surface area contributed by atoms with E-state index in [1.807, 2.05) is 12.1 Å². The zero-order valence-corrected chi connectivity index (χ0v) is 16.4. The number of benzene rings is 2. The second-order valence-corrected chi connectivity index (χ2v) is 6.45.